The summed E-state index contributed by atoms with van der Waals surface area (Å²) in [4.78, 5) is 17.5. The Labute approximate surface area is 90.1 Å². The summed E-state index contributed by atoms with van der Waals surface area (Å²) in [7, 11) is 0. The van der Waals surface area contributed by atoms with Crippen LogP contribution in [0.2, 0.25) is 0 Å². The molecule has 1 aromatic heterocycles. The maximum absolute atomic E-state index is 11.4. The fraction of sp³-hybridized carbons (Fsp3) is 0.500. The third-order valence-electron chi connectivity index (χ3n) is 3.10. The van der Waals surface area contributed by atoms with E-state index < -0.39 is 0 Å². The maximum Gasteiger partial charge on any atom is 0.219 e. The molecule has 0 N–H and O–H groups in total. The number of pyridine rings is 1. The molecule has 80 valence electrons. The Bertz CT molecular complexity index is 376. The molecule has 0 aliphatic carbocycles. The molecule has 1 aromatic rings. The van der Waals surface area contributed by atoms with Crippen molar-refractivity contribution in [1.82, 2.24) is 9.88 Å². The van der Waals surface area contributed by atoms with E-state index in [1.54, 1.807) is 13.1 Å². The molecule has 1 atom stereocenters. The highest BCUT2D eigenvalue weighted by Gasteiger charge is 2.28. The predicted octanol–water partition coefficient (Wildman–Crippen LogP) is 2.07. The van der Waals surface area contributed by atoms with Crippen LogP contribution in [0.3, 0.4) is 0 Å². The number of carbonyl (C=O) groups excluding carboxylic acids is 1. The lowest BCUT2D eigenvalue weighted by atomic mass is 10.0. The Hall–Kier alpha value is -1.38. The van der Waals surface area contributed by atoms with Crippen LogP contribution < -0.4 is 0 Å². The van der Waals surface area contributed by atoms with Gasteiger partial charge in [-0.15, -0.1) is 0 Å². The summed E-state index contributed by atoms with van der Waals surface area (Å²) >= 11 is 0. The van der Waals surface area contributed by atoms with Crippen molar-refractivity contribution < 1.29 is 4.79 Å². The SMILES string of the molecule is CC(=O)N1CCCC1c1cnccc1C. The molecule has 0 spiro atoms. The van der Waals surface area contributed by atoms with Crippen molar-refractivity contribution in [2.24, 2.45) is 0 Å². The van der Waals surface area contributed by atoms with E-state index in [9.17, 15) is 4.79 Å². The van der Waals surface area contributed by atoms with E-state index in [4.69, 9.17) is 0 Å². The normalized spacial score (nSPS) is 20.7. The summed E-state index contributed by atoms with van der Waals surface area (Å²) in [5.74, 6) is 0.167. The first-order valence-electron chi connectivity index (χ1n) is 5.38. The Morgan fingerprint density at radius 1 is 1.60 bits per heavy atom. The molecule has 2 rings (SSSR count). The molecule has 3 heteroatoms. The van der Waals surface area contributed by atoms with Gasteiger partial charge in [-0.05, 0) is 37.0 Å². The van der Waals surface area contributed by atoms with E-state index >= 15 is 0 Å². The van der Waals surface area contributed by atoms with E-state index in [0.717, 1.165) is 19.4 Å². The van der Waals surface area contributed by atoms with Gasteiger partial charge in [0, 0.05) is 25.9 Å². The monoisotopic (exact) mass is 204 g/mol. The first-order valence-corrected chi connectivity index (χ1v) is 5.38. The minimum absolute atomic E-state index is 0.167. The smallest absolute Gasteiger partial charge is 0.219 e. The van der Waals surface area contributed by atoms with Gasteiger partial charge in [0.15, 0.2) is 0 Å². The third kappa shape index (κ3) is 1.87. The number of nitrogens with zero attached hydrogens (tertiary/aromatic N) is 2. The highest BCUT2D eigenvalue weighted by atomic mass is 16.2. The van der Waals surface area contributed by atoms with Gasteiger partial charge in [-0.1, -0.05) is 0 Å². The molecule has 0 bridgehead atoms. The molecule has 0 aromatic carbocycles. The van der Waals surface area contributed by atoms with Gasteiger partial charge in [-0.2, -0.15) is 0 Å². The molecule has 1 saturated heterocycles. The number of amides is 1. The minimum Gasteiger partial charge on any atom is -0.336 e. The molecule has 1 fully saturated rings. The summed E-state index contributed by atoms with van der Waals surface area (Å²) < 4.78 is 0. The van der Waals surface area contributed by atoms with Crippen LogP contribution in [0.15, 0.2) is 18.5 Å². The lowest BCUT2D eigenvalue weighted by Gasteiger charge is -2.24. The lowest BCUT2D eigenvalue weighted by Crippen LogP contribution is -2.28. The van der Waals surface area contributed by atoms with Crippen LogP contribution in [0, 0.1) is 6.92 Å². The molecular formula is C12H16N2O. The molecule has 15 heavy (non-hydrogen) atoms. The van der Waals surface area contributed by atoms with Crippen molar-refractivity contribution in [2.75, 3.05) is 6.54 Å². The van der Waals surface area contributed by atoms with Gasteiger partial charge >= 0.3 is 0 Å². The van der Waals surface area contributed by atoms with Gasteiger partial charge in [-0.25, -0.2) is 0 Å². The molecule has 2 heterocycles. The van der Waals surface area contributed by atoms with Crippen LogP contribution in [0.5, 0.6) is 0 Å². The third-order valence-corrected chi connectivity index (χ3v) is 3.10. The molecular weight excluding hydrogens is 188 g/mol. The first-order chi connectivity index (χ1) is 7.20. The number of rotatable bonds is 1. The van der Waals surface area contributed by atoms with Crippen LogP contribution in [0.25, 0.3) is 0 Å². The van der Waals surface area contributed by atoms with Crippen molar-refractivity contribution >= 4 is 5.91 Å². The minimum atomic E-state index is 0.167. The summed E-state index contributed by atoms with van der Waals surface area (Å²) in [6, 6.07) is 2.25. The summed E-state index contributed by atoms with van der Waals surface area (Å²) in [6.07, 6.45) is 5.85. The van der Waals surface area contributed by atoms with Crippen LogP contribution in [0.4, 0.5) is 0 Å². The highest BCUT2D eigenvalue weighted by Crippen LogP contribution is 2.32. The average molecular weight is 204 g/mol. The van der Waals surface area contributed by atoms with Crippen molar-refractivity contribution in [1.29, 1.82) is 0 Å². The quantitative estimate of drug-likeness (QED) is 0.701. The van der Waals surface area contributed by atoms with Gasteiger partial charge in [0.2, 0.25) is 5.91 Å². The molecule has 1 aliphatic rings. The Morgan fingerprint density at radius 3 is 3.07 bits per heavy atom. The zero-order chi connectivity index (χ0) is 10.8. The predicted molar refractivity (Wildman–Crippen MR) is 58.3 cm³/mol. The second kappa shape index (κ2) is 4.01. The maximum atomic E-state index is 11.4. The number of hydrogen-bond donors (Lipinski definition) is 0. The number of aryl methyl sites for hydroxylation is 1. The average Bonchev–Trinajstić information content (AvgIpc) is 2.67. The fourth-order valence-corrected chi connectivity index (χ4v) is 2.29. The Balaban J connectivity index is 2.30. The van der Waals surface area contributed by atoms with Crippen LogP contribution in [-0.4, -0.2) is 22.3 Å². The summed E-state index contributed by atoms with van der Waals surface area (Å²) in [6.45, 7) is 4.60. The largest absolute Gasteiger partial charge is 0.336 e. The Kier molecular flexibility index (Phi) is 2.71. The van der Waals surface area contributed by atoms with Crippen LogP contribution in [-0.2, 0) is 4.79 Å². The zero-order valence-electron chi connectivity index (χ0n) is 9.23. The number of likely N-dealkylation sites (tertiary alicyclic amines) is 1. The van der Waals surface area contributed by atoms with Gasteiger partial charge in [-0.3, -0.25) is 9.78 Å². The van der Waals surface area contributed by atoms with Crippen molar-refractivity contribution in [3.63, 3.8) is 0 Å². The van der Waals surface area contributed by atoms with E-state index in [1.807, 2.05) is 17.2 Å². The second-order valence-corrected chi connectivity index (χ2v) is 4.10. The number of aromatic nitrogens is 1. The standard InChI is InChI=1S/C12H16N2O/c1-9-5-6-13-8-11(9)12-4-3-7-14(12)10(2)15/h5-6,8,12H,3-4,7H2,1-2H3. The van der Waals surface area contributed by atoms with Gasteiger partial charge in [0.25, 0.3) is 0 Å². The second-order valence-electron chi connectivity index (χ2n) is 4.10. The van der Waals surface area contributed by atoms with Crippen molar-refractivity contribution in [3.05, 3.63) is 29.6 Å². The van der Waals surface area contributed by atoms with Gasteiger partial charge < -0.3 is 4.90 Å². The van der Waals surface area contributed by atoms with Crippen LogP contribution in [0.1, 0.15) is 36.9 Å². The molecule has 1 unspecified atom stereocenters. The van der Waals surface area contributed by atoms with Gasteiger partial charge in [0.05, 0.1) is 6.04 Å². The number of carbonyl (C=O) groups is 1. The fourth-order valence-electron chi connectivity index (χ4n) is 2.29. The summed E-state index contributed by atoms with van der Waals surface area (Å²) in [5.41, 5.74) is 2.42. The molecule has 3 nitrogen and oxygen atoms in total. The van der Waals surface area contributed by atoms with Crippen molar-refractivity contribution in [3.8, 4) is 0 Å². The summed E-state index contributed by atoms with van der Waals surface area (Å²) in [5, 5.41) is 0. The van der Waals surface area contributed by atoms with Crippen LogP contribution >= 0.6 is 0 Å². The highest BCUT2D eigenvalue weighted by molar-refractivity contribution is 5.74. The first kappa shape index (κ1) is 10.1. The van der Waals surface area contributed by atoms with E-state index in [1.165, 1.54) is 11.1 Å². The number of hydrogen-bond acceptors (Lipinski definition) is 2. The molecule has 1 amide bonds. The van der Waals surface area contributed by atoms with Crippen molar-refractivity contribution in [2.45, 2.75) is 32.7 Å². The topological polar surface area (TPSA) is 33.2 Å². The molecule has 0 saturated carbocycles. The lowest BCUT2D eigenvalue weighted by molar-refractivity contribution is -0.129. The molecule has 0 radical (unpaired) electrons. The Morgan fingerprint density at radius 2 is 2.40 bits per heavy atom. The molecule has 1 aliphatic heterocycles. The van der Waals surface area contributed by atoms with E-state index in [-0.39, 0.29) is 11.9 Å². The van der Waals surface area contributed by atoms with E-state index in [2.05, 4.69) is 11.9 Å². The van der Waals surface area contributed by atoms with Gasteiger partial charge in [0.1, 0.15) is 0 Å². The van der Waals surface area contributed by atoms with E-state index in [0.29, 0.717) is 0 Å². The zero-order valence-corrected chi connectivity index (χ0v) is 9.23.